The lowest BCUT2D eigenvalue weighted by Crippen LogP contribution is -2.05. The summed E-state index contributed by atoms with van der Waals surface area (Å²) in [6.07, 6.45) is 3.21. The molecule has 0 bridgehead atoms. The fourth-order valence-electron chi connectivity index (χ4n) is 2.04. The largest absolute Gasteiger partial charge is 0.478 e. The smallest absolute Gasteiger partial charge is 0.335 e. The van der Waals surface area contributed by atoms with E-state index in [1.165, 1.54) is 12.3 Å². The molecule has 1 aromatic carbocycles. The van der Waals surface area contributed by atoms with Gasteiger partial charge in [-0.15, -0.1) is 0 Å². The van der Waals surface area contributed by atoms with E-state index in [2.05, 4.69) is 10.1 Å². The molecule has 0 aliphatic rings. The average Bonchev–Trinajstić information content (AvgIpc) is 2.81. The molecule has 0 amide bonds. The Morgan fingerprint density at radius 1 is 1.30 bits per heavy atom. The third-order valence-electron chi connectivity index (χ3n) is 2.98. The van der Waals surface area contributed by atoms with Crippen molar-refractivity contribution in [3.63, 3.8) is 0 Å². The number of benzene rings is 1. The third kappa shape index (κ3) is 2.35. The zero-order chi connectivity index (χ0) is 14.1. The molecule has 2 aromatic heterocycles. The van der Waals surface area contributed by atoms with Gasteiger partial charge in [0.2, 0.25) is 0 Å². The van der Waals surface area contributed by atoms with E-state index < -0.39 is 5.97 Å². The normalized spacial score (nSPS) is 10.8. The summed E-state index contributed by atoms with van der Waals surface area (Å²) in [5.41, 5.74) is 1.79. The lowest BCUT2D eigenvalue weighted by molar-refractivity contribution is 0.0696. The molecule has 0 saturated carbocycles. The minimum absolute atomic E-state index is 0.217. The van der Waals surface area contributed by atoms with Gasteiger partial charge in [-0.3, -0.25) is 9.67 Å². The van der Waals surface area contributed by atoms with Crippen molar-refractivity contribution < 1.29 is 9.90 Å². The predicted octanol–water partition coefficient (Wildman–Crippen LogP) is 2.83. The van der Waals surface area contributed by atoms with Crippen molar-refractivity contribution in [1.29, 1.82) is 0 Å². The molecule has 100 valence electrons. The van der Waals surface area contributed by atoms with Crippen LogP contribution in [0.5, 0.6) is 0 Å². The number of aromatic carboxylic acids is 1. The standard InChI is InChI=1S/C14H10ClN3O2/c15-11-1-2-13-10(5-11)7-17-18(13)8-12-6-9(14(19)20)3-4-16-12/h1-7H,8H2,(H,19,20). The van der Waals surface area contributed by atoms with E-state index in [9.17, 15) is 4.79 Å². The molecule has 0 fully saturated rings. The topological polar surface area (TPSA) is 68.0 Å². The number of carboxylic acid groups (broad SMARTS) is 1. The van der Waals surface area contributed by atoms with Crippen molar-refractivity contribution in [3.8, 4) is 0 Å². The van der Waals surface area contributed by atoms with Crippen molar-refractivity contribution in [3.05, 3.63) is 59.0 Å². The quantitative estimate of drug-likeness (QED) is 0.804. The van der Waals surface area contributed by atoms with E-state index >= 15 is 0 Å². The summed E-state index contributed by atoms with van der Waals surface area (Å²) in [5, 5.41) is 14.8. The maximum atomic E-state index is 10.9. The molecule has 20 heavy (non-hydrogen) atoms. The average molecular weight is 288 g/mol. The minimum atomic E-state index is -0.967. The predicted molar refractivity (Wildman–Crippen MR) is 75.0 cm³/mol. The second-order valence-corrected chi connectivity index (χ2v) is 4.78. The zero-order valence-corrected chi connectivity index (χ0v) is 11.1. The van der Waals surface area contributed by atoms with Crippen LogP contribution in [-0.2, 0) is 6.54 Å². The Hall–Kier alpha value is -2.40. The van der Waals surface area contributed by atoms with Gasteiger partial charge in [0.25, 0.3) is 0 Å². The van der Waals surface area contributed by atoms with Crippen LogP contribution in [0.2, 0.25) is 5.02 Å². The molecular weight excluding hydrogens is 278 g/mol. The Balaban J connectivity index is 1.97. The zero-order valence-electron chi connectivity index (χ0n) is 10.3. The molecule has 0 saturated heterocycles. The number of carbonyl (C=O) groups is 1. The van der Waals surface area contributed by atoms with Crippen LogP contribution in [0.3, 0.4) is 0 Å². The molecule has 6 heteroatoms. The second-order valence-electron chi connectivity index (χ2n) is 4.35. The lowest BCUT2D eigenvalue weighted by atomic mass is 10.2. The summed E-state index contributed by atoms with van der Waals surface area (Å²) in [5.74, 6) is -0.967. The number of halogens is 1. The van der Waals surface area contributed by atoms with Gasteiger partial charge in [0.05, 0.1) is 29.5 Å². The van der Waals surface area contributed by atoms with Crippen LogP contribution in [0.15, 0.2) is 42.7 Å². The molecule has 0 radical (unpaired) electrons. The van der Waals surface area contributed by atoms with E-state index in [0.29, 0.717) is 17.3 Å². The van der Waals surface area contributed by atoms with Gasteiger partial charge in [-0.25, -0.2) is 4.79 Å². The summed E-state index contributed by atoms with van der Waals surface area (Å²) in [4.78, 5) is 15.1. The fourth-order valence-corrected chi connectivity index (χ4v) is 2.22. The Morgan fingerprint density at radius 3 is 2.95 bits per heavy atom. The van der Waals surface area contributed by atoms with E-state index in [-0.39, 0.29) is 5.56 Å². The van der Waals surface area contributed by atoms with Crippen molar-refractivity contribution in [2.24, 2.45) is 0 Å². The number of fused-ring (bicyclic) bond motifs is 1. The van der Waals surface area contributed by atoms with Gasteiger partial charge in [-0.05, 0) is 30.3 Å². The molecule has 0 aliphatic carbocycles. The highest BCUT2D eigenvalue weighted by Crippen LogP contribution is 2.19. The van der Waals surface area contributed by atoms with Crippen molar-refractivity contribution >= 4 is 28.5 Å². The molecule has 1 N–H and O–H groups in total. The van der Waals surface area contributed by atoms with Crippen LogP contribution >= 0.6 is 11.6 Å². The van der Waals surface area contributed by atoms with Crippen LogP contribution in [0.1, 0.15) is 16.1 Å². The van der Waals surface area contributed by atoms with Gasteiger partial charge in [-0.1, -0.05) is 11.6 Å². The van der Waals surface area contributed by atoms with E-state index in [1.807, 2.05) is 12.1 Å². The first-order chi connectivity index (χ1) is 9.63. The second kappa shape index (κ2) is 4.94. The lowest BCUT2D eigenvalue weighted by Gasteiger charge is -2.04. The summed E-state index contributed by atoms with van der Waals surface area (Å²) in [6.45, 7) is 0.409. The SMILES string of the molecule is O=C(O)c1ccnc(Cn2ncc3cc(Cl)ccc32)c1. The van der Waals surface area contributed by atoms with Gasteiger partial charge < -0.3 is 5.11 Å². The number of rotatable bonds is 3. The minimum Gasteiger partial charge on any atom is -0.478 e. The highest BCUT2D eigenvalue weighted by Gasteiger charge is 2.07. The van der Waals surface area contributed by atoms with Crippen LogP contribution in [0, 0.1) is 0 Å². The van der Waals surface area contributed by atoms with E-state index in [1.54, 1.807) is 23.0 Å². The fraction of sp³-hybridized carbons (Fsp3) is 0.0714. The van der Waals surface area contributed by atoms with E-state index in [4.69, 9.17) is 16.7 Å². The first-order valence-corrected chi connectivity index (χ1v) is 6.30. The van der Waals surface area contributed by atoms with Crippen LogP contribution in [0.25, 0.3) is 10.9 Å². The highest BCUT2D eigenvalue weighted by molar-refractivity contribution is 6.31. The van der Waals surface area contributed by atoms with Crippen LogP contribution in [0.4, 0.5) is 0 Å². The molecule has 0 unspecified atom stereocenters. The van der Waals surface area contributed by atoms with Gasteiger partial charge in [0.1, 0.15) is 0 Å². The number of carboxylic acids is 1. The van der Waals surface area contributed by atoms with Gasteiger partial charge in [-0.2, -0.15) is 5.10 Å². The highest BCUT2D eigenvalue weighted by atomic mass is 35.5. The molecule has 0 aliphatic heterocycles. The summed E-state index contributed by atoms with van der Waals surface area (Å²) < 4.78 is 1.76. The molecule has 2 heterocycles. The van der Waals surface area contributed by atoms with E-state index in [0.717, 1.165) is 10.9 Å². The first kappa shape index (κ1) is 12.6. The number of hydrogen-bond acceptors (Lipinski definition) is 3. The maximum absolute atomic E-state index is 10.9. The molecule has 3 rings (SSSR count). The van der Waals surface area contributed by atoms with Gasteiger partial charge in [0.15, 0.2) is 0 Å². The number of hydrogen-bond donors (Lipinski definition) is 1. The summed E-state index contributed by atoms with van der Waals surface area (Å²) in [6, 6.07) is 8.52. The maximum Gasteiger partial charge on any atom is 0.335 e. The molecule has 0 atom stereocenters. The molecule has 0 spiro atoms. The van der Waals surface area contributed by atoms with Crippen LogP contribution < -0.4 is 0 Å². The summed E-state index contributed by atoms with van der Waals surface area (Å²) >= 11 is 5.93. The summed E-state index contributed by atoms with van der Waals surface area (Å²) in [7, 11) is 0. The number of pyridine rings is 1. The number of aromatic nitrogens is 3. The van der Waals surface area contributed by atoms with Crippen LogP contribution in [-0.4, -0.2) is 25.8 Å². The molecular formula is C14H10ClN3O2. The Labute approximate surface area is 119 Å². The Bertz CT molecular complexity index is 798. The van der Waals surface area contributed by atoms with Gasteiger partial charge in [0, 0.05) is 16.6 Å². The molecule has 3 aromatic rings. The first-order valence-electron chi connectivity index (χ1n) is 5.93. The molecule has 5 nitrogen and oxygen atoms in total. The van der Waals surface area contributed by atoms with Crippen molar-refractivity contribution in [2.75, 3.05) is 0 Å². The van der Waals surface area contributed by atoms with Crippen molar-refractivity contribution in [2.45, 2.75) is 6.54 Å². The van der Waals surface area contributed by atoms with Crippen molar-refractivity contribution in [1.82, 2.24) is 14.8 Å². The Kier molecular flexibility index (Phi) is 3.12. The third-order valence-corrected chi connectivity index (χ3v) is 3.21. The Morgan fingerprint density at radius 2 is 2.15 bits per heavy atom. The number of nitrogens with zero attached hydrogens (tertiary/aromatic N) is 3. The van der Waals surface area contributed by atoms with Gasteiger partial charge >= 0.3 is 5.97 Å². The monoisotopic (exact) mass is 287 g/mol.